The van der Waals surface area contributed by atoms with E-state index in [0.29, 0.717) is 18.8 Å². The van der Waals surface area contributed by atoms with Gasteiger partial charge in [0.05, 0.1) is 5.75 Å². The van der Waals surface area contributed by atoms with Crippen molar-refractivity contribution in [1.82, 2.24) is 4.31 Å². The van der Waals surface area contributed by atoms with E-state index in [-0.39, 0.29) is 11.8 Å². The predicted octanol–water partition coefficient (Wildman–Crippen LogP) is 3.06. The highest BCUT2D eigenvalue weighted by Crippen LogP contribution is 2.31. The minimum Gasteiger partial charge on any atom is -0.212 e. The van der Waals surface area contributed by atoms with Crippen molar-refractivity contribution in [3.05, 3.63) is 22.4 Å². The molecule has 0 unspecified atom stereocenters. The van der Waals surface area contributed by atoms with E-state index in [4.69, 9.17) is 11.6 Å². The highest BCUT2D eigenvalue weighted by Gasteiger charge is 2.36. The molecular weight excluding hydrogens is 290 g/mol. The zero-order valence-electron chi connectivity index (χ0n) is 10.2. The standard InChI is InChI=1S/C12H18ClNO2S2/c13-6-1-2-8-18(15,16)14(12-3-4-12)9-11-5-7-17-10-11/h5,7,10,12H,1-4,6,8-9H2. The maximum absolute atomic E-state index is 12.3. The molecule has 0 aromatic carbocycles. The minimum atomic E-state index is -3.13. The van der Waals surface area contributed by atoms with Gasteiger partial charge in [-0.15, -0.1) is 11.6 Å². The number of rotatable bonds is 8. The maximum Gasteiger partial charge on any atom is 0.214 e. The number of hydrogen-bond acceptors (Lipinski definition) is 3. The van der Waals surface area contributed by atoms with E-state index in [0.717, 1.165) is 24.8 Å². The zero-order chi connectivity index (χ0) is 13.0. The van der Waals surface area contributed by atoms with Crippen LogP contribution in [-0.2, 0) is 16.6 Å². The minimum absolute atomic E-state index is 0.223. The average molecular weight is 308 g/mol. The summed E-state index contributed by atoms with van der Waals surface area (Å²) in [4.78, 5) is 0. The molecule has 1 heterocycles. The smallest absolute Gasteiger partial charge is 0.212 e. The van der Waals surface area contributed by atoms with E-state index < -0.39 is 10.0 Å². The van der Waals surface area contributed by atoms with Crippen molar-refractivity contribution in [2.75, 3.05) is 11.6 Å². The second kappa shape index (κ2) is 6.37. The topological polar surface area (TPSA) is 37.4 Å². The first-order chi connectivity index (χ1) is 8.63. The van der Waals surface area contributed by atoms with Crippen LogP contribution >= 0.6 is 22.9 Å². The van der Waals surface area contributed by atoms with Gasteiger partial charge in [0.25, 0.3) is 0 Å². The fraction of sp³-hybridized carbons (Fsp3) is 0.667. The van der Waals surface area contributed by atoms with Crippen LogP contribution in [-0.4, -0.2) is 30.4 Å². The maximum atomic E-state index is 12.3. The largest absolute Gasteiger partial charge is 0.214 e. The van der Waals surface area contributed by atoms with Crippen molar-refractivity contribution >= 4 is 33.0 Å². The molecule has 0 aliphatic heterocycles. The molecule has 2 rings (SSSR count). The molecule has 1 aromatic heterocycles. The van der Waals surface area contributed by atoms with E-state index in [9.17, 15) is 8.42 Å². The Labute approximate surface area is 118 Å². The van der Waals surface area contributed by atoms with Gasteiger partial charge in [0.2, 0.25) is 10.0 Å². The Kier molecular flexibility index (Phi) is 5.06. The fourth-order valence-corrected chi connectivity index (χ4v) is 4.54. The van der Waals surface area contributed by atoms with E-state index in [2.05, 4.69) is 0 Å². The summed E-state index contributed by atoms with van der Waals surface area (Å²) in [7, 11) is -3.13. The van der Waals surface area contributed by atoms with Crippen molar-refractivity contribution in [2.45, 2.75) is 38.3 Å². The lowest BCUT2D eigenvalue weighted by Gasteiger charge is -2.21. The second-order valence-electron chi connectivity index (χ2n) is 4.62. The quantitative estimate of drug-likeness (QED) is 0.547. The normalized spacial score (nSPS) is 16.3. The van der Waals surface area contributed by atoms with E-state index in [1.165, 1.54) is 0 Å². The molecule has 1 aromatic rings. The molecule has 0 N–H and O–H groups in total. The Morgan fingerprint density at radius 1 is 1.39 bits per heavy atom. The molecule has 1 aliphatic rings. The summed E-state index contributed by atoms with van der Waals surface area (Å²) in [5, 5.41) is 4.00. The fourth-order valence-electron chi connectivity index (χ4n) is 1.88. The van der Waals surface area contributed by atoms with Gasteiger partial charge in [-0.25, -0.2) is 8.42 Å². The summed E-state index contributed by atoms with van der Waals surface area (Å²) in [5.74, 6) is 0.754. The van der Waals surface area contributed by atoms with Crippen LogP contribution in [0, 0.1) is 0 Å². The lowest BCUT2D eigenvalue weighted by Crippen LogP contribution is -2.34. The number of hydrogen-bond donors (Lipinski definition) is 0. The van der Waals surface area contributed by atoms with Gasteiger partial charge in [-0.1, -0.05) is 0 Å². The Morgan fingerprint density at radius 2 is 2.17 bits per heavy atom. The lowest BCUT2D eigenvalue weighted by molar-refractivity contribution is 0.398. The molecule has 0 amide bonds. The molecule has 18 heavy (non-hydrogen) atoms. The van der Waals surface area contributed by atoms with Crippen LogP contribution in [0.15, 0.2) is 16.8 Å². The van der Waals surface area contributed by atoms with Gasteiger partial charge in [0.1, 0.15) is 0 Å². The van der Waals surface area contributed by atoms with Crippen LogP contribution in [0.3, 0.4) is 0 Å². The summed E-state index contributed by atoms with van der Waals surface area (Å²) in [6.07, 6.45) is 3.41. The summed E-state index contributed by atoms with van der Waals surface area (Å²) in [6, 6.07) is 2.22. The van der Waals surface area contributed by atoms with Gasteiger partial charge in [-0.2, -0.15) is 15.6 Å². The first-order valence-corrected chi connectivity index (χ1v) is 9.28. The van der Waals surface area contributed by atoms with Crippen molar-refractivity contribution in [3.63, 3.8) is 0 Å². The molecule has 1 saturated carbocycles. The molecule has 1 aliphatic carbocycles. The summed E-state index contributed by atoms with van der Waals surface area (Å²) in [5.41, 5.74) is 1.09. The van der Waals surface area contributed by atoms with Crippen LogP contribution < -0.4 is 0 Å². The summed E-state index contributed by atoms with van der Waals surface area (Å²) < 4.78 is 26.3. The molecule has 0 spiro atoms. The van der Waals surface area contributed by atoms with E-state index in [1.807, 2.05) is 16.8 Å². The SMILES string of the molecule is O=S(=O)(CCCCCl)N(Cc1ccsc1)C1CC1. The van der Waals surface area contributed by atoms with Crippen LogP contribution in [0.1, 0.15) is 31.2 Å². The van der Waals surface area contributed by atoms with E-state index in [1.54, 1.807) is 15.6 Å². The van der Waals surface area contributed by atoms with Gasteiger partial charge in [-0.05, 0) is 48.1 Å². The van der Waals surface area contributed by atoms with Crippen molar-refractivity contribution in [3.8, 4) is 0 Å². The van der Waals surface area contributed by atoms with Gasteiger partial charge < -0.3 is 0 Å². The van der Waals surface area contributed by atoms with Crippen LogP contribution in [0.25, 0.3) is 0 Å². The predicted molar refractivity (Wildman–Crippen MR) is 76.6 cm³/mol. The third kappa shape index (κ3) is 3.95. The first kappa shape index (κ1) is 14.3. The van der Waals surface area contributed by atoms with Crippen LogP contribution in [0.4, 0.5) is 0 Å². The molecule has 1 fully saturated rings. The number of unbranched alkanes of at least 4 members (excludes halogenated alkanes) is 1. The Morgan fingerprint density at radius 3 is 2.72 bits per heavy atom. The molecule has 0 radical (unpaired) electrons. The molecule has 3 nitrogen and oxygen atoms in total. The Hall–Kier alpha value is -0.100. The second-order valence-corrected chi connectivity index (χ2v) is 7.82. The zero-order valence-corrected chi connectivity index (χ0v) is 12.6. The number of halogens is 1. The van der Waals surface area contributed by atoms with Gasteiger partial charge in [-0.3, -0.25) is 0 Å². The number of nitrogens with zero attached hydrogens (tertiary/aromatic N) is 1. The third-order valence-electron chi connectivity index (χ3n) is 3.02. The van der Waals surface area contributed by atoms with Gasteiger partial charge in [0, 0.05) is 18.5 Å². The summed E-state index contributed by atoms with van der Waals surface area (Å²) >= 11 is 7.20. The van der Waals surface area contributed by atoms with Crippen LogP contribution in [0.5, 0.6) is 0 Å². The Balaban J connectivity index is 2.00. The van der Waals surface area contributed by atoms with E-state index >= 15 is 0 Å². The highest BCUT2D eigenvalue weighted by atomic mass is 35.5. The molecule has 102 valence electrons. The summed E-state index contributed by atoms with van der Waals surface area (Å²) in [6.45, 7) is 0.525. The Bertz CT molecular complexity index is 454. The number of thiophene rings is 1. The number of alkyl halides is 1. The van der Waals surface area contributed by atoms with Crippen molar-refractivity contribution < 1.29 is 8.42 Å². The highest BCUT2D eigenvalue weighted by molar-refractivity contribution is 7.89. The molecule has 0 atom stereocenters. The number of sulfonamides is 1. The molecule has 0 bridgehead atoms. The average Bonchev–Trinajstić information content (AvgIpc) is 3.03. The lowest BCUT2D eigenvalue weighted by atomic mass is 10.3. The molecule has 6 heteroatoms. The van der Waals surface area contributed by atoms with Crippen molar-refractivity contribution in [1.29, 1.82) is 0 Å². The van der Waals surface area contributed by atoms with Crippen LogP contribution in [0.2, 0.25) is 0 Å². The first-order valence-electron chi connectivity index (χ1n) is 6.20. The molecular formula is C12H18ClNO2S2. The van der Waals surface area contributed by atoms with Gasteiger partial charge >= 0.3 is 0 Å². The monoisotopic (exact) mass is 307 g/mol. The third-order valence-corrected chi connectivity index (χ3v) is 5.96. The van der Waals surface area contributed by atoms with Gasteiger partial charge in [0.15, 0.2) is 0 Å². The molecule has 0 saturated heterocycles. The van der Waals surface area contributed by atoms with Crippen molar-refractivity contribution in [2.24, 2.45) is 0 Å².